The lowest BCUT2D eigenvalue weighted by molar-refractivity contribution is -0.119. The zero-order valence-corrected chi connectivity index (χ0v) is 19.2. The standard InChI is InChI=1S/C24H33FN6O/c1-29(2)24-26-13-17(14-27-24)15-31-10-8-18(9-11-31)22-12-19(16-30(22)3)23(32)28-21-6-4-20(25)5-7-21/h4-7,13-14,18-19,22H,8-12,15-16H2,1-3H3,(H,28,32)/t19-,22-/m1/s1. The van der Waals surface area contributed by atoms with E-state index in [-0.39, 0.29) is 17.6 Å². The summed E-state index contributed by atoms with van der Waals surface area (Å²) in [5.74, 6) is 1.04. The van der Waals surface area contributed by atoms with Crippen molar-refractivity contribution >= 4 is 17.5 Å². The SMILES string of the molecule is CN(C)c1ncc(CN2CCC([C@H]3C[C@@H](C(=O)Nc4ccc(F)cc4)CN3C)CC2)cn1. The Balaban J connectivity index is 1.26. The maximum Gasteiger partial charge on any atom is 0.228 e. The molecule has 2 saturated heterocycles. The number of likely N-dealkylation sites (tertiary alicyclic amines) is 2. The second-order valence-corrected chi connectivity index (χ2v) is 9.34. The van der Waals surface area contributed by atoms with Crippen LogP contribution in [0.5, 0.6) is 0 Å². The number of carbonyl (C=O) groups is 1. The number of anilines is 2. The highest BCUT2D eigenvalue weighted by molar-refractivity contribution is 5.92. The van der Waals surface area contributed by atoms with Gasteiger partial charge in [-0.1, -0.05) is 0 Å². The van der Waals surface area contributed by atoms with E-state index in [1.54, 1.807) is 12.1 Å². The normalized spacial score (nSPS) is 22.8. The molecule has 1 N–H and O–H groups in total. The van der Waals surface area contributed by atoms with Gasteiger partial charge in [0.2, 0.25) is 11.9 Å². The zero-order valence-electron chi connectivity index (χ0n) is 19.2. The molecule has 2 atom stereocenters. The topological polar surface area (TPSA) is 64.6 Å². The highest BCUT2D eigenvalue weighted by Gasteiger charge is 2.39. The third-order valence-electron chi connectivity index (χ3n) is 6.76. The number of piperidine rings is 1. The summed E-state index contributed by atoms with van der Waals surface area (Å²) in [6.45, 7) is 3.75. The first kappa shape index (κ1) is 22.6. The smallest absolute Gasteiger partial charge is 0.228 e. The second-order valence-electron chi connectivity index (χ2n) is 9.34. The molecule has 1 aromatic heterocycles. The van der Waals surface area contributed by atoms with Gasteiger partial charge in [0.1, 0.15) is 5.82 Å². The molecule has 172 valence electrons. The van der Waals surface area contributed by atoms with Crippen LogP contribution in [-0.4, -0.2) is 72.5 Å². The molecule has 32 heavy (non-hydrogen) atoms. The first-order valence-corrected chi connectivity index (χ1v) is 11.4. The zero-order chi connectivity index (χ0) is 22.7. The van der Waals surface area contributed by atoms with Crippen molar-refractivity contribution in [3.63, 3.8) is 0 Å². The Kier molecular flexibility index (Phi) is 7.01. The van der Waals surface area contributed by atoms with E-state index in [1.165, 1.54) is 12.1 Å². The monoisotopic (exact) mass is 440 g/mol. The molecule has 7 nitrogen and oxygen atoms in total. The molecule has 0 unspecified atom stereocenters. The van der Waals surface area contributed by atoms with Gasteiger partial charge in [-0.2, -0.15) is 0 Å². The molecule has 1 aromatic carbocycles. The second kappa shape index (κ2) is 9.92. The number of halogens is 1. The predicted octanol–water partition coefficient (Wildman–Crippen LogP) is 2.85. The van der Waals surface area contributed by atoms with Crippen LogP contribution in [-0.2, 0) is 11.3 Å². The van der Waals surface area contributed by atoms with E-state index in [4.69, 9.17) is 0 Å². The van der Waals surface area contributed by atoms with Crippen LogP contribution in [0.15, 0.2) is 36.7 Å². The van der Waals surface area contributed by atoms with Crippen LogP contribution in [0.3, 0.4) is 0 Å². The molecular weight excluding hydrogens is 407 g/mol. The number of nitrogens with one attached hydrogen (secondary N) is 1. The summed E-state index contributed by atoms with van der Waals surface area (Å²) in [5, 5.41) is 2.94. The van der Waals surface area contributed by atoms with Crippen LogP contribution in [0.4, 0.5) is 16.0 Å². The maximum absolute atomic E-state index is 13.1. The lowest BCUT2D eigenvalue weighted by Gasteiger charge is -2.37. The first-order chi connectivity index (χ1) is 15.4. The maximum atomic E-state index is 13.1. The van der Waals surface area contributed by atoms with Crippen molar-refractivity contribution in [3.8, 4) is 0 Å². The van der Waals surface area contributed by atoms with Gasteiger partial charge in [0.05, 0.1) is 5.92 Å². The summed E-state index contributed by atoms with van der Waals surface area (Å²) in [6, 6.07) is 6.39. The Hall–Kier alpha value is -2.58. The number of hydrogen-bond acceptors (Lipinski definition) is 6. The van der Waals surface area contributed by atoms with E-state index in [2.05, 4.69) is 32.1 Å². The molecule has 0 spiro atoms. The minimum Gasteiger partial charge on any atom is -0.347 e. The number of nitrogens with zero attached hydrogens (tertiary/aromatic N) is 5. The molecule has 4 rings (SSSR count). The molecule has 0 saturated carbocycles. The van der Waals surface area contributed by atoms with Gasteiger partial charge in [0.25, 0.3) is 0 Å². The number of benzene rings is 1. The van der Waals surface area contributed by atoms with Gasteiger partial charge in [-0.25, -0.2) is 14.4 Å². The molecule has 1 amide bonds. The molecule has 8 heteroatoms. The Morgan fingerprint density at radius 3 is 2.44 bits per heavy atom. The third kappa shape index (κ3) is 5.42. The number of amides is 1. The van der Waals surface area contributed by atoms with Crippen LogP contribution < -0.4 is 10.2 Å². The van der Waals surface area contributed by atoms with Crippen molar-refractivity contribution in [2.24, 2.45) is 11.8 Å². The quantitative estimate of drug-likeness (QED) is 0.745. The van der Waals surface area contributed by atoms with Gasteiger partial charge in [-0.15, -0.1) is 0 Å². The van der Waals surface area contributed by atoms with E-state index in [0.717, 1.165) is 57.0 Å². The summed E-state index contributed by atoms with van der Waals surface area (Å²) < 4.78 is 13.1. The van der Waals surface area contributed by atoms with E-state index in [9.17, 15) is 9.18 Å². The van der Waals surface area contributed by atoms with Crippen LogP contribution in [0.2, 0.25) is 0 Å². The highest BCUT2D eigenvalue weighted by Crippen LogP contribution is 2.33. The lowest BCUT2D eigenvalue weighted by atomic mass is 9.86. The van der Waals surface area contributed by atoms with Gasteiger partial charge in [0.15, 0.2) is 0 Å². The fourth-order valence-electron chi connectivity index (χ4n) is 4.96. The van der Waals surface area contributed by atoms with Gasteiger partial charge < -0.3 is 15.1 Å². The van der Waals surface area contributed by atoms with Crippen LogP contribution >= 0.6 is 0 Å². The number of rotatable bonds is 6. The van der Waals surface area contributed by atoms with Crippen molar-refractivity contribution in [2.45, 2.75) is 31.8 Å². The van der Waals surface area contributed by atoms with E-state index < -0.39 is 0 Å². The summed E-state index contributed by atoms with van der Waals surface area (Å²) in [7, 11) is 6.01. The Morgan fingerprint density at radius 2 is 1.81 bits per heavy atom. The fraction of sp³-hybridized carbons (Fsp3) is 0.542. The van der Waals surface area contributed by atoms with Crippen LogP contribution in [0, 0.1) is 17.7 Å². The van der Waals surface area contributed by atoms with Crippen molar-refractivity contribution in [3.05, 3.63) is 48.0 Å². The summed E-state index contributed by atoms with van der Waals surface area (Å²) in [6.07, 6.45) is 7.00. The molecule has 2 fully saturated rings. The van der Waals surface area contributed by atoms with E-state index in [0.29, 0.717) is 17.6 Å². The van der Waals surface area contributed by atoms with Crippen molar-refractivity contribution in [2.75, 3.05) is 51.0 Å². The molecule has 0 radical (unpaired) electrons. The number of aromatic nitrogens is 2. The number of carbonyl (C=O) groups excluding carboxylic acids is 1. The average Bonchev–Trinajstić information content (AvgIpc) is 3.18. The van der Waals surface area contributed by atoms with Gasteiger partial charge in [0, 0.05) is 56.9 Å². The molecule has 2 aliphatic rings. The Bertz CT molecular complexity index is 896. The predicted molar refractivity (Wildman–Crippen MR) is 124 cm³/mol. The molecule has 2 aromatic rings. The third-order valence-corrected chi connectivity index (χ3v) is 6.76. The van der Waals surface area contributed by atoms with E-state index >= 15 is 0 Å². The minimum atomic E-state index is -0.298. The minimum absolute atomic E-state index is 0.0274. The molecule has 3 heterocycles. The largest absolute Gasteiger partial charge is 0.347 e. The lowest BCUT2D eigenvalue weighted by Crippen LogP contribution is -2.41. The van der Waals surface area contributed by atoms with Crippen molar-refractivity contribution < 1.29 is 9.18 Å². The Labute approximate surface area is 189 Å². The highest BCUT2D eigenvalue weighted by atomic mass is 19.1. The molecular formula is C24H33FN6O. The van der Waals surface area contributed by atoms with Crippen molar-refractivity contribution in [1.29, 1.82) is 0 Å². The van der Waals surface area contributed by atoms with E-state index in [1.807, 2.05) is 31.4 Å². The first-order valence-electron chi connectivity index (χ1n) is 11.4. The number of hydrogen-bond donors (Lipinski definition) is 1. The van der Waals surface area contributed by atoms with Gasteiger partial charge >= 0.3 is 0 Å². The molecule has 2 aliphatic heterocycles. The summed E-state index contributed by atoms with van der Waals surface area (Å²) >= 11 is 0. The van der Waals surface area contributed by atoms with Gasteiger partial charge in [-0.3, -0.25) is 9.69 Å². The Morgan fingerprint density at radius 1 is 1.16 bits per heavy atom. The van der Waals surface area contributed by atoms with Crippen LogP contribution in [0.1, 0.15) is 24.8 Å². The van der Waals surface area contributed by atoms with Crippen LogP contribution in [0.25, 0.3) is 0 Å². The summed E-state index contributed by atoms with van der Waals surface area (Å²) in [5.41, 5.74) is 1.79. The summed E-state index contributed by atoms with van der Waals surface area (Å²) in [4.78, 5) is 28.3. The molecule has 0 bridgehead atoms. The average molecular weight is 441 g/mol. The van der Waals surface area contributed by atoms with Crippen molar-refractivity contribution in [1.82, 2.24) is 19.8 Å². The van der Waals surface area contributed by atoms with Gasteiger partial charge in [-0.05, 0) is 69.6 Å². The fourth-order valence-corrected chi connectivity index (χ4v) is 4.96. The molecule has 0 aliphatic carbocycles.